The van der Waals surface area contributed by atoms with Gasteiger partial charge in [0.25, 0.3) is 0 Å². The molecule has 2 rings (SSSR count). The second-order valence-electron chi connectivity index (χ2n) is 4.62. The molecule has 2 atom stereocenters. The fourth-order valence-electron chi connectivity index (χ4n) is 1.61. The lowest BCUT2D eigenvalue weighted by molar-refractivity contribution is 0.913. The molecule has 0 radical (unpaired) electrons. The molecule has 4 heteroatoms. The first-order chi connectivity index (χ1) is 7.70. The molecule has 2 unspecified atom stereocenters. The lowest BCUT2D eigenvalue weighted by atomic mass is 10.3. The predicted molar refractivity (Wildman–Crippen MR) is 66.7 cm³/mol. The maximum Gasteiger partial charge on any atom is 0.224 e. The summed E-state index contributed by atoms with van der Waals surface area (Å²) in [5.74, 6) is 2.48. The summed E-state index contributed by atoms with van der Waals surface area (Å²) in [6.07, 6.45) is 4.21. The van der Waals surface area contributed by atoms with E-state index in [0.29, 0.717) is 6.04 Å². The third-order valence-corrected chi connectivity index (χ3v) is 2.94. The van der Waals surface area contributed by atoms with E-state index in [2.05, 4.69) is 34.4 Å². The van der Waals surface area contributed by atoms with Crippen molar-refractivity contribution in [1.82, 2.24) is 9.97 Å². The first-order valence-corrected chi connectivity index (χ1v) is 6.04. The van der Waals surface area contributed by atoms with Crippen molar-refractivity contribution in [3.8, 4) is 0 Å². The molecular formula is C12H20N4. The van der Waals surface area contributed by atoms with Crippen LogP contribution >= 0.6 is 0 Å². The van der Waals surface area contributed by atoms with Crippen LogP contribution in [0.1, 0.15) is 32.3 Å². The molecule has 1 saturated carbocycles. The van der Waals surface area contributed by atoms with Crippen molar-refractivity contribution >= 4 is 11.8 Å². The molecule has 0 amide bonds. The van der Waals surface area contributed by atoms with E-state index < -0.39 is 0 Å². The molecule has 88 valence electrons. The van der Waals surface area contributed by atoms with E-state index in [4.69, 9.17) is 0 Å². The third kappa shape index (κ3) is 2.62. The van der Waals surface area contributed by atoms with Crippen LogP contribution in [-0.2, 0) is 0 Å². The Morgan fingerprint density at radius 3 is 2.88 bits per heavy atom. The van der Waals surface area contributed by atoms with Crippen LogP contribution in [0.3, 0.4) is 0 Å². The minimum Gasteiger partial charge on any atom is -0.367 e. The number of anilines is 2. The highest BCUT2D eigenvalue weighted by Gasteiger charge is 2.33. The van der Waals surface area contributed by atoms with Crippen LogP contribution < -0.4 is 10.6 Å². The summed E-state index contributed by atoms with van der Waals surface area (Å²) in [6, 6.07) is 0.604. The van der Waals surface area contributed by atoms with Gasteiger partial charge >= 0.3 is 0 Å². The Balaban J connectivity index is 2.03. The lowest BCUT2D eigenvalue weighted by Crippen LogP contribution is -2.10. The van der Waals surface area contributed by atoms with Gasteiger partial charge in [0.2, 0.25) is 5.95 Å². The van der Waals surface area contributed by atoms with Gasteiger partial charge in [-0.25, -0.2) is 4.98 Å². The van der Waals surface area contributed by atoms with Gasteiger partial charge in [-0.2, -0.15) is 4.98 Å². The first kappa shape index (κ1) is 11.2. The normalized spacial score (nSPS) is 22.9. The number of nitrogens with one attached hydrogen (secondary N) is 2. The molecule has 2 N–H and O–H groups in total. The van der Waals surface area contributed by atoms with Crippen LogP contribution in [0.5, 0.6) is 0 Å². The fourth-order valence-corrected chi connectivity index (χ4v) is 1.61. The molecule has 1 aliphatic carbocycles. The van der Waals surface area contributed by atoms with Crippen LogP contribution in [0.4, 0.5) is 11.8 Å². The molecule has 1 aliphatic rings. The summed E-state index contributed by atoms with van der Waals surface area (Å²) in [6.45, 7) is 7.35. The Morgan fingerprint density at radius 2 is 2.25 bits per heavy atom. The zero-order chi connectivity index (χ0) is 11.5. The molecule has 16 heavy (non-hydrogen) atoms. The monoisotopic (exact) mass is 220 g/mol. The molecule has 0 aromatic carbocycles. The van der Waals surface area contributed by atoms with Crippen molar-refractivity contribution in [2.45, 2.75) is 39.7 Å². The van der Waals surface area contributed by atoms with E-state index in [9.17, 15) is 0 Å². The molecule has 1 fully saturated rings. The average Bonchev–Trinajstić information content (AvgIpc) is 2.95. The lowest BCUT2D eigenvalue weighted by Gasteiger charge is -2.10. The number of hydrogen-bond acceptors (Lipinski definition) is 4. The van der Waals surface area contributed by atoms with Gasteiger partial charge in [0.15, 0.2) is 0 Å². The molecule has 1 aromatic heterocycles. The Hall–Kier alpha value is -1.32. The Bertz CT molecular complexity index is 364. The van der Waals surface area contributed by atoms with Crippen molar-refractivity contribution in [3.63, 3.8) is 0 Å². The van der Waals surface area contributed by atoms with E-state index in [1.165, 1.54) is 6.42 Å². The Labute approximate surface area is 96.9 Å². The van der Waals surface area contributed by atoms with Crippen LogP contribution in [0.15, 0.2) is 6.20 Å². The van der Waals surface area contributed by atoms with Gasteiger partial charge in [-0.05, 0) is 25.7 Å². The van der Waals surface area contributed by atoms with E-state index >= 15 is 0 Å². The molecule has 0 bridgehead atoms. The second kappa shape index (κ2) is 4.68. The number of rotatable bonds is 5. The van der Waals surface area contributed by atoms with Gasteiger partial charge in [-0.3, -0.25) is 0 Å². The van der Waals surface area contributed by atoms with Crippen molar-refractivity contribution in [1.29, 1.82) is 0 Å². The van der Waals surface area contributed by atoms with Crippen molar-refractivity contribution < 1.29 is 0 Å². The smallest absolute Gasteiger partial charge is 0.224 e. The third-order valence-electron chi connectivity index (χ3n) is 2.94. The molecule has 1 heterocycles. The predicted octanol–water partition coefficient (Wildman–Crippen LogP) is 2.43. The Morgan fingerprint density at radius 1 is 1.50 bits per heavy atom. The summed E-state index contributed by atoms with van der Waals surface area (Å²) in [7, 11) is 0. The number of nitrogens with zero attached hydrogens (tertiary/aromatic N) is 2. The zero-order valence-electron chi connectivity index (χ0n) is 10.2. The minimum absolute atomic E-state index is 0.604. The number of aryl methyl sites for hydroxylation is 1. The van der Waals surface area contributed by atoms with E-state index in [1.807, 2.05) is 13.1 Å². The summed E-state index contributed by atoms with van der Waals surface area (Å²) < 4.78 is 0. The highest BCUT2D eigenvalue weighted by atomic mass is 15.2. The largest absolute Gasteiger partial charge is 0.367 e. The van der Waals surface area contributed by atoms with Crippen molar-refractivity contribution in [2.24, 2.45) is 5.92 Å². The van der Waals surface area contributed by atoms with Crippen LogP contribution in [0, 0.1) is 12.8 Å². The highest BCUT2D eigenvalue weighted by molar-refractivity contribution is 5.48. The minimum atomic E-state index is 0.604. The van der Waals surface area contributed by atoms with Gasteiger partial charge in [0, 0.05) is 24.3 Å². The summed E-state index contributed by atoms with van der Waals surface area (Å²) >= 11 is 0. The average molecular weight is 220 g/mol. The summed E-state index contributed by atoms with van der Waals surface area (Å²) in [5.41, 5.74) is 1.11. The quantitative estimate of drug-likeness (QED) is 0.800. The zero-order valence-corrected chi connectivity index (χ0v) is 10.2. The maximum absolute atomic E-state index is 4.49. The van der Waals surface area contributed by atoms with Crippen molar-refractivity contribution in [2.75, 3.05) is 17.2 Å². The summed E-state index contributed by atoms with van der Waals surface area (Å²) in [4.78, 5) is 8.75. The van der Waals surface area contributed by atoms with Gasteiger partial charge in [-0.15, -0.1) is 0 Å². The van der Waals surface area contributed by atoms with Gasteiger partial charge in [0.1, 0.15) is 5.82 Å². The van der Waals surface area contributed by atoms with Gasteiger partial charge in [-0.1, -0.05) is 13.8 Å². The van der Waals surface area contributed by atoms with Crippen LogP contribution in [0.2, 0.25) is 0 Å². The molecular weight excluding hydrogens is 200 g/mol. The van der Waals surface area contributed by atoms with E-state index in [-0.39, 0.29) is 0 Å². The van der Waals surface area contributed by atoms with Crippen LogP contribution in [-0.4, -0.2) is 22.6 Å². The van der Waals surface area contributed by atoms with Crippen molar-refractivity contribution in [3.05, 3.63) is 11.8 Å². The molecule has 0 saturated heterocycles. The molecule has 1 aromatic rings. The van der Waals surface area contributed by atoms with E-state index in [0.717, 1.165) is 36.2 Å². The highest BCUT2D eigenvalue weighted by Crippen LogP contribution is 2.32. The maximum atomic E-state index is 4.49. The Kier molecular flexibility index (Phi) is 3.27. The number of hydrogen-bond donors (Lipinski definition) is 2. The van der Waals surface area contributed by atoms with Gasteiger partial charge in [0.05, 0.1) is 0 Å². The standard InChI is InChI=1S/C12H20N4/c1-4-5-13-12-14-7-9(3)11(16-12)15-10-6-8(10)2/h7-8,10H,4-6H2,1-3H3,(H2,13,14,15,16). The molecule has 4 nitrogen and oxygen atoms in total. The van der Waals surface area contributed by atoms with Gasteiger partial charge < -0.3 is 10.6 Å². The van der Waals surface area contributed by atoms with Crippen LogP contribution in [0.25, 0.3) is 0 Å². The summed E-state index contributed by atoms with van der Waals surface area (Å²) in [5, 5.41) is 6.66. The fraction of sp³-hybridized carbons (Fsp3) is 0.667. The van der Waals surface area contributed by atoms with E-state index in [1.54, 1.807) is 0 Å². The SMILES string of the molecule is CCCNc1ncc(C)c(NC2CC2C)n1. The topological polar surface area (TPSA) is 49.8 Å². The molecule has 0 aliphatic heterocycles. The second-order valence-corrected chi connectivity index (χ2v) is 4.62. The number of aromatic nitrogens is 2. The first-order valence-electron chi connectivity index (χ1n) is 6.04. The molecule has 0 spiro atoms.